The number of benzene rings is 1. The summed E-state index contributed by atoms with van der Waals surface area (Å²) in [6.45, 7) is 3.66. The Morgan fingerprint density at radius 1 is 1.39 bits per heavy atom. The topological polar surface area (TPSA) is 36.3 Å². The Morgan fingerprint density at radius 2 is 2.17 bits per heavy atom. The van der Waals surface area contributed by atoms with Crippen LogP contribution in [-0.4, -0.2) is 25.8 Å². The molecule has 0 spiro atoms. The van der Waals surface area contributed by atoms with Crippen molar-refractivity contribution in [3.8, 4) is 6.07 Å². The third-order valence-electron chi connectivity index (χ3n) is 2.98. The average Bonchev–Trinajstić information content (AvgIpc) is 2.57. The maximum Gasteiger partial charge on any atom is 0.183 e. The normalized spacial score (nSPS) is 20.3. The molecule has 5 heteroatoms. The molecule has 1 aromatic rings. The average molecular weight is 252 g/mol. The smallest absolute Gasteiger partial charge is 0.183 e. The molecule has 0 N–H and O–H groups in total. The van der Waals surface area contributed by atoms with Gasteiger partial charge in [-0.05, 0) is 25.5 Å². The minimum absolute atomic E-state index is 0.0226. The molecule has 0 bridgehead atoms. The molecule has 0 radical (unpaired) electrons. The maximum atomic E-state index is 13.9. The molecule has 0 aliphatic carbocycles. The van der Waals surface area contributed by atoms with Crippen LogP contribution in [0, 0.1) is 23.0 Å². The first kappa shape index (κ1) is 12.8. The van der Waals surface area contributed by atoms with Gasteiger partial charge in [0.2, 0.25) is 0 Å². The Labute approximate surface area is 105 Å². The molecule has 18 heavy (non-hydrogen) atoms. The molecule has 0 aromatic heterocycles. The van der Waals surface area contributed by atoms with Crippen molar-refractivity contribution >= 4 is 5.69 Å². The van der Waals surface area contributed by atoms with Crippen molar-refractivity contribution in [1.82, 2.24) is 0 Å². The highest BCUT2D eigenvalue weighted by molar-refractivity contribution is 5.52. The van der Waals surface area contributed by atoms with Crippen LogP contribution in [-0.2, 0) is 4.74 Å². The zero-order valence-electron chi connectivity index (χ0n) is 10.1. The van der Waals surface area contributed by atoms with Gasteiger partial charge < -0.3 is 9.64 Å². The van der Waals surface area contributed by atoms with Crippen LogP contribution < -0.4 is 4.90 Å². The molecule has 1 aromatic carbocycles. The van der Waals surface area contributed by atoms with E-state index in [1.807, 2.05) is 6.92 Å². The summed E-state index contributed by atoms with van der Waals surface area (Å²) in [5, 5.41) is 8.64. The first-order valence-corrected chi connectivity index (χ1v) is 5.88. The van der Waals surface area contributed by atoms with E-state index in [0.29, 0.717) is 19.7 Å². The fourth-order valence-corrected chi connectivity index (χ4v) is 2.08. The van der Waals surface area contributed by atoms with E-state index in [0.717, 1.165) is 6.42 Å². The minimum atomic E-state index is -1.08. The van der Waals surface area contributed by atoms with E-state index < -0.39 is 11.6 Å². The van der Waals surface area contributed by atoms with Gasteiger partial charge in [-0.3, -0.25) is 0 Å². The van der Waals surface area contributed by atoms with Crippen LogP contribution in [0.3, 0.4) is 0 Å². The van der Waals surface area contributed by atoms with Crippen LogP contribution in [0.2, 0.25) is 0 Å². The highest BCUT2D eigenvalue weighted by Crippen LogP contribution is 2.25. The summed E-state index contributed by atoms with van der Waals surface area (Å²) in [6.07, 6.45) is 0.747. The van der Waals surface area contributed by atoms with Crippen molar-refractivity contribution in [2.45, 2.75) is 19.4 Å². The molecule has 1 aliphatic rings. The van der Waals surface area contributed by atoms with E-state index in [9.17, 15) is 8.78 Å². The molecule has 1 aliphatic heterocycles. The first-order valence-electron chi connectivity index (χ1n) is 5.88. The zero-order chi connectivity index (χ0) is 13.1. The number of nitrogens with zero attached hydrogens (tertiary/aromatic N) is 2. The van der Waals surface area contributed by atoms with E-state index >= 15 is 0 Å². The molecule has 1 atom stereocenters. The Bertz CT molecular complexity index is 485. The zero-order valence-corrected chi connectivity index (χ0v) is 10.1. The summed E-state index contributed by atoms with van der Waals surface area (Å²) in [4.78, 5) is 1.76. The maximum absolute atomic E-state index is 13.9. The molecule has 1 fully saturated rings. The summed E-state index contributed by atoms with van der Waals surface area (Å²) in [7, 11) is 0. The van der Waals surface area contributed by atoms with Crippen LogP contribution in [0.1, 0.15) is 18.9 Å². The largest absolute Gasteiger partial charge is 0.377 e. The lowest BCUT2D eigenvalue weighted by atomic mass is 10.1. The second-order valence-corrected chi connectivity index (χ2v) is 4.35. The molecule has 96 valence electrons. The second kappa shape index (κ2) is 5.32. The number of rotatable bonds is 1. The predicted octanol–water partition coefficient (Wildman–Crippen LogP) is 2.45. The van der Waals surface area contributed by atoms with E-state index in [-0.39, 0.29) is 17.4 Å². The second-order valence-electron chi connectivity index (χ2n) is 4.35. The van der Waals surface area contributed by atoms with Gasteiger partial charge >= 0.3 is 0 Å². The molecule has 1 heterocycles. The number of ether oxygens (including phenoxy) is 1. The number of nitriles is 1. The van der Waals surface area contributed by atoms with Crippen molar-refractivity contribution < 1.29 is 13.5 Å². The van der Waals surface area contributed by atoms with E-state index in [1.165, 1.54) is 12.1 Å². The van der Waals surface area contributed by atoms with E-state index in [4.69, 9.17) is 10.00 Å². The number of halogens is 2. The van der Waals surface area contributed by atoms with Crippen molar-refractivity contribution in [2.75, 3.05) is 24.6 Å². The molecule has 1 saturated heterocycles. The van der Waals surface area contributed by atoms with Crippen LogP contribution >= 0.6 is 0 Å². The predicted molar refractivity (Wildman–Crippen MR) is 63.3 cm³/mol. The van der Waals surface area contributed by atoms with Crippen molar-refractivity contribution in [2.24, 2.45) is 0 Å². The van der Waals surface area contributed by atoms with Gasteiger partial charge in [0, 0.05) is 19.7 Å². The van der Waals surface area contributed by atoms with Crippen molar-refractivity contribution in [1.29, 1.82) is 5.26 Å². The summed E-state index contributed by atoms with van der Waals surface area (Å²) < 4.78 is 32.9. The third kappa shape index (κ3) is 2.44. The lowest BCUT2D eigenvalue weighted by molar-refractivity contribution is 0.0820. The Kier molecular flexibility index (Phi) is 3.78. The fraction of sp³-hybridized carbons (Fsp3) is 0.462. The molecule has 2 rings (SSSR count). The third-order valence-corrected chi connectivity index (χ3v) is 2.98. The molecular weight excluding hydrogens is 238 g/mol. The molecular formula is C13H14F2N2O. The van der Waals surface area contributed by atoms with Crippen LogP contribution in [0.4, 0.5) is 14.5 Å². The Hall–Kier alpha value is -1.67. The van der Waals surface area contributed by atoms with Crippen LogP contribution in [0.25, 0.3) is 0 Å². The number of anilines is 1. The first-order chi connectivity index (χ1) is 8.63. The van der Waals surface area contributed by atoms with Gasteiger partial charge in [-0.25, -0.2) is 8.78 Å². The Balaban J connectivity index is 2.33. The van der Waals surface area contributed by atoms with Gasteiger partial charge in [0.25, 0.3) is 0 Å². The summed E-state index contributed by atoms with van der Waals surface area (Å²) in [6, 6.07) is 4.39. The fourth-order valence-electron chi connectivity index (χ4n) is 2.08. The van der Waals surface area contributed by atoms with Gasteiger partial charge in [0.15, 0.2) is 11.6 Å². The molecule has 3 nitrogen and oxygen atoms in total. The highest BCUT2D eigenvalue weighted by Gasteiger charge is 2.21. The van der Waals surface area contributed by atoms with E-state index in [1.54, 1.807) is 11.0 Å². The summed E-state index contributed by atoms with van der Waals surface area (Å²) >= 11 is 0. The van der Waals surface area contributed by atoms with Crippen molar-refractivity contribution in [3.05, 3.63) is 29.3 Å². The molecule has 0 saturated carbocycles. The van der Waals surface area contributed by atoms with Gasteiger partial charge in [-0.15, -0.1) is 0 Å². The summed E-state index contributed by atoms with van der Waals surface area (Å²) in [5.74, 6) is -2.03. The van der Waals surface area contributed by atoms with Gasteiger partial charge in [-0.2, -0.15) is 5.26 Å². The van der Waals surface area contributed by atoms with Gasteiger partial charge in [0.05, 0.1) is 17.4 Å². The lowest BCUT2D eigenvalue weighted by Crippen LogP contribution is -2.31. The number of hydrogen-bond donors (Lipinski definition) is 0. The van der Waals surface area contributed by atoms with E-state index in [2.05, 4.69) is 0 Å². The lowest BCUT2D eigenvalue weighted by Gasteiger charge is -2.24. The Morgan fingerprint density at radius 3 is 2.89 bits per heavy atom. The minimum Gasteiger partial charge on any atom is -0.377 e. The number of hydrogen-bond acceptors (Lipinski definition) is 3. The SMILES string of the molecule is CC1CN(c2ccc(C#N)c(F)c2F)CCCO1. The summed E-state index contributed by atoms with van der Waals surface area (Å²) in [5.41, 5.74) is -0.0702. The van der Waals surface area contributed by atoms with Gasteiger partial charge in [-0.1, -0.05) is 0 Å². The van der Waals surface area contributed by atoms with Crippen LogP contribution in [0.5, 0.6) is 0 Å². The quantitative estimate of drug-likeness (QED) is 0.770. The van der Waals surface area contributed by atoms with Gasteiger partial charge in [0.1, 0.15) is 6.07 Å². The standard InChI is InChI=1S/C13H14F2N2O/c1-9-8-17(5-2-6-18-9)11-4-3-10(7-16)12(14)13(11)15/h3-4,9H,2,5-6,8H2,1H3. The van der Waals surface area contributed by atoms with Crippen LogP contribution in [0.15, 0.2) is 12.1 Å². The monoisotopic (exact) mass is 252 g/mol. The highest BCUT2D eigenvalue weighted by atomic mass is 19.2. The molecule has 0 amide bonds. The molecule has 1 unspecified atom stereocenters. The van der Waals surface area contributed by atoms with Crippen molar-refractivity contribution in [3.63, 3.8) is 0 Å².